The Morgan fingerprint density at radius 1 is 1.10 bits per heavy atom. The topological polar surface area (TPSA) is 41.1 Å². The maximum atomic E-state index is 4.42. The smallest absolute Gasteiger partial charge is 0.144 e. The molecule has 4 nitrogen and oxygen atoms in total. The molecule has 5 heteroatoms. The Bertz CT molecular complexity index is 525. The predicted molar refractivity (Wildman–Crippen MR) is 85.5 cm³/mol. The first-order valence-corrected chi connectivity index (χ1v) is 7.44. The van der Waals surface area contributed by atoms with Crippen LogP contribution in [0.1, 0.15) is 18.2 Å². The number of hydrogen-bond acceptors (Lipinski definition) is 4. The summed E-state index contributed by atoms with van der Waals surface area (Å²) in [5.74, 6) is 0.826. The molecule has 0 saturated carbocycles. The summed E-state index contributed by atoms with van der Waals surface area (Å²) in [5.41, 5.74) is 2.26. The molecule has 106 valence electrons. The van der Waals surface area contributed by atoms with E-state index in [0.29, 0.717) is 0 Å². The van der Waals surface area contributed by atoms with Crippen LogP contribution in [-0.2, 0) is 13.1 Å². The Morgan fingerprint density at radius 3 is 2.45 bits per heavy atom. The molecule has 1 N–H and O–H groups in total. The van der Waals surface area contributed by atoms with Crippen molar-refractivity contribution < 1.29 is 0 Å². The lowest BCUT2D eigenvalue weighted by molar-refractivity contribution is 0.314. The van der Waals surface area contributed by atoms with Gasteiger partial charge in [-0.3, -0.25) is 9.88 Å². The predicted octanol–water partition coefficient (Wildman–Crippen LogP) is 3.30. The third-order valence-corrected chi connectivity index (χ3v) is 3.39. The number of benzene rings is 1. The third kappa shape index (κ3) is 4.58. The van der Waals surface area contributed by atoms with E-state index in [2.05, 4.69) is 67.4 Å². The fourth-order valence-electron chi connectivity index (χ4n) is 1.94. The molecule has 0 bridgehead atoms. The number of halogens is 1. The molecule has 0 atom stereocenters. The average molecular weight is 335 g/mol. The second kappa shape index (κ2) is 7.36. The molecule has 0 radical (unpaired) electrons. The lowest BCUT2D eigenvalue weighted by atomic mass is 10.2. The van der Waals surface area contributed by atoms with Crippen molar-refractivity contribution in [2.24, 2.45) is 0 Å². The molecule has 0 aliphatic heterocycles. The summed E-state index contributed by atoms with van der Waals surface area (Å²) in [4.78, 5) is 11.0. The summed E-state index contributed by atoms with van der Waals surface area (Å²) in [6.07, 6.45) is 3.61. The van der Waals surface area contributed by atoms with E-state index in [1.807, 2.05) is 13.1 Å². The first kappa shape index (κ1) is 14.9. The molecule has 0 fully saturated rings. The van der Waals surface area contributed by atoms with Crippen molar-refractivity contribution in [2.45, 2.75) is 20.0 Å². The van der Waals surface area contributed by atoms with Crippen LogP contribution in [0.4, 0.5) is 5.82 Å². The van der Waals surface area contributed by atoms with Gasteiger partial charge in [-0.05, 0) is 31.7 Å². The summed E-state index contributed by atoms with van der Waals surface area (Å²) < 4.78 is 1.11. The minimum atomic E-state index is 0.787. The molecule has 1 heterocycles. The molecule has 0 saturated heterocycles. The van der Waals surface area contributed by atoms with Crippen molar-refractivity contribution in [3.63, 3.8) is 0 Å². The van der Waals surface area contributed by atoms with E-state index >= 15 is 0 Å². The molecule has 0 aliphatic carbocycles. The van der Waals surface area contributed by atoms with Crippen LogP contribution < -0.4 is 5.32 Å². The van der Waals surface area contributed by atoms with Gasteiger partial charge in [-0.25, -0.2) is 4.98 Å². The Hall–Kier alpha value is -1.46. The number of hydrogen-bond donors (Lipinski definition) is 1. The summed E-state index contributed by atoms with van der Waals surface area (Å²) in [5, 5.41) is 3.14. The highest BCUT2D eigenvalue weighted by Crippen LogP contribution is 2.12. The average Bonchev–Trinajstić information content (AvgIpc) is 2.44. The van der Waals surface area contributed by atoms with Gasteiger partial charge in [-0.15, -0.1) is 0 Å². The highest BCUT2D eigenvalue weighted by Gasteiger charge is 2.04. The zero-order valence-electron chi connectivity index (χ0n) is 11.8. The van der Waals surface area contributed by atoms with E-state index in [-0.39, 0.29) is 0 Å². The van der Waals surface area contributed by atoms with E-state index < -0.39 is 0 Å². The van der Waals surface area contributed by atoms with Gasteiger partial charge >= 0.3 is 0 Å². The normalized spacial score (nSPS) is 10.8. The quantitative estimate of drug-likeness (QED) is 0.879. The van der Waals surface area contributed by atoms with Gasteiger partial charge in [0.05, 0.1) is 18.1 Å². The Morgan fingerprint density at radius 2 is 1.85 bits per heavy atom. The van der Waals surface area contributed by atoms with Crippen LogP contribution in [0, 0.1) is 0 Å². The van der Waals surface area contributed by atoms with Crippen LogP contribution in [0.5, 0.6) is 0 Å². The van der Waals surface area contributed by atoms with Gasteiger partial charge in [0, 0.05) is 24.1 Å². The van der Waals surface area contributed by atoms with Crippen molar-refractivity contribution in [2.75, 3.05) is 18.9 Å². The minimum Gasteiger partial charge on any atom is -0.369 e. The molecule has 20 heavy (non-hydrogen) atoms. The summed E-state index contributed by atoms with van der Waals surface area (Å²) >= 11 is 3.45. The number of anilines is 1. The molecule has 1 aromatic heterocycles. The Kier molecular flexibility index (Phi) is 5.49. The van der Waals surface area contributed by atoms with Crippen LogP contribution in [-0.4, -0.2) is 28.5 Å². The van der Waals surface area contributed by atoms with Gasteiger partial charge in [0.15, 0.2) is 0 Å². The van der Waals surface area contributed by atoms with Crippen molar-refractivity contribution >= 4 is 21.7 Å². The number of rotatable bonds is 6. The van der Waals surface area contributed by atoms with Crippen LogP contribution >= 0.6 is 15.9 Å². The van der Waals surface area contributed by atoms with Crippen molar-refractivity contribution in [3.05, 3.63) is 52.4 Å². The van der Waals surface area contributed by atoms with Crippen molar-refractivity contribution in [3.8, 4) is 0 Å². The fourth-order valence-corrected chi connectivity index (χ4v) is 2.21. The second-order valence-electron chi connectivity index (χ2n) is 4.72. The van der Waals surface area contributed by atoms with Gasteiger partial charge < -0.3 is 5.32 Å². The summed E-state index contributed by atoms with van der Waals surface area (Å²) in [6.45, 7) is 4.58. The van der Waals surface area contributed by atoms with E-state index in [1.165, 1.54) is 5.56 Å². The molecule has 1 aromatic carbocycles. The molecule has 0 amide bonds. The Labute approximate surface area is 128 Å². The number of nitrogens with one attached hydrogen (secondary N) is 1. The van der Waals surface area contributed by atoms with Crippen LogP contribution in [0.25, 0.3) is 0 Å². The number of nitrogens with zero attached hydrogens (tertiary/aromatic N) is 3. The molecular formula is C15H19BrN4. The third-order valence-electron chi connectivity index (χ3n) is 2.86. The molecule has 0 spiro atoms. The maximum absolute atomic E-state index is 4.42. The van der Waals surface area contributed by atoms with E-state index in [0.717, 1.165) is 35.6 Å². The highest BCUT2D eigenvalue weighted by molar-refractivity contribution is 9.10. The lowest BCUT2D eigenvalue weighted by Crippen LogP contribution is -2.18. The standard InChI is InChI=1S/C15H19BrN4/c1-3-17-15-9-18-14(8-19-15)11-20(2)10-12-4-6-13(16)7-5-12/h4-9H,3,10-11H2,1-2H3,(H,17,19). The van der Waals surface area contributed by atoms with Crippen molar-refractivity contribution in [1.29, 1.82) is 0 Å². The van der Waals surface area contributed by atoms with Gasteiger partial charge in [0.1, 0.15) is 5.82 Å². The first-order chi connectivity index (χ1) is 9.67. The maximum Gasteiger partial charge on any atom is 0.144 e. The van der Waals surface area contributed by atoms with Crippen LogP contribution in [0.15, 0.2) is 41.1 Å². The largest absolute Gasteiger partial charge is 0.369 e. The van der Waals surface area contributed by atoms with Crippen LogP contribution in [0.2, 0.25) is 0 Å². The molecule has 2 aromatic rings. The minimum absolute atomic E-state index is 0.787. The van der Waals surface area contributed by atoms with Gasteiger partial charge in [0.25, 0.3) is 0 Å². The molecule has 2 rings (SSSR count). The first-order valence-electron chi connectivity index (χ1n) is 6.65. The summed E-state index contributed by atoms with van der Waals surface area (Å²) in [6, 6.07) is 8.38. The Balaban J connectivity index is 1.90. The highest BCUT2D eigenvalue weighted by atomic mass is 79.9. The summed E-state index contributed by atoms with van der Waals surface area (Å²) in [7, 11) is 2.09. The van der Waals surface area contributed by atoms with E-state index in [4.69, 9.17) is 0 Å². The van der Waals surface area contributed by atoms with E-state index in [9.17, 15) is 0 Å². The van der Waals surface area contributed by atoms with Gasteiger partial charge in [-0.1, -0.05) is 28.1 Å². The van der Waals surface area contributed by atoms with E-state index in [1.54, 1.807) is 6.20 Å². The molecular weight excluding hydrogens is 316 g/mol. The zero-order valence-corrected chi connectivity index (χ0v) is 13.4. The second-order valence-corrected chi connectivity index (χ2v) is 5.64. The number of aromatic nitrogens is 2. The lowest BCUT2D eigenvalue weighted by Gasteiger charge is -2.16. The molecule has 0 aliphatic rings. The van der Waals surface area contributed by atoms with Gasteiger partial charge in [0.2, 0.25) is 0 Å². The van der Waals surface area contributed by atoms with Crippen LogP contribution in [0.3, 0.4) is 0 Å². The SMILES string of the molecule is CCNc1cnc(CN(C)Cc2ccc(Br)cc2)cn1. The van der Waals surface area contributed by atoms with Gasteiger partial charge in [-0.2, -0.15) is 0 Å². The zero-order chi connectivity index (χ0) is 14.4. The molecule has 0 unspecified atom stereocenters. The monoisotopic (exact) mass is 334 g/mol. The van der Waals surface area contributed by atoms with Crippen molar-refractivity contribution in [1.82, 2.24) is 14.9 Å². The fraction of sp³-hybridized carbons (Fsp3) is 0.333.